The predicted octanol–water partition coefficient (Wildman–Crippen LogP) is 3.80. The van der Waals surface area contributed by atoms with Crippen molar-refractivity contribution in [1.29, 1.82) is 0 Å². The molecule has 182 valence electrons. The fourth-order valence-electron chi connectivity index (χ4n) is 3.18. The van der Waals surface area contributed by atoms with E-state index >= 15 is 0 Å². The molecule has 0 atom stereocenters. The van der Waals surface area contributed by atoms with E-state index in [-0.39, 0.29) is 11.7 Å². The van der Waals surface area contributed by atoms with Gasteiger partial charge in [0, 0.05) is 18.1 Å². The van der Waals surface area contributed by atoms with Gasteiger partial charge in [-0.2, -0.15) is 0 Å². The molecule has 2 aromatic heterocycles. The molecule has 0 radical (unpaired) electrons. The molecule has 0 saturated carbocycles. The molecule has 0 aliphatic carbocycles. The number of ether oxygens (including phenoxy) is 2. The van der Waals surface area contributed by atoms with E-state index in [1.165, 1.54) is 11.3 Å². The summed E-state index contributed by atoms with van der Waals surface area (Å²) in [5.74, 6) is -2.92. The molecule has 0 unspecified atom stereocenters. The maximum absolute atomic E-state index is 12.5. The highest BCUT2D eigenvalue weighted by Crippen LogP contribution is 2.35. The smallest absolute Gasteiger partial charge is 0.364 e. The summed E-state index contributed by atoms with van der Waals surface area (Å²) in [7, 11) is 0. The zero-order valence-corrected chi connectivity index (χ0v) is 19.6. The number of aromatic nitrogens is 2. The minimum absolute atomic E-state index is 0.0209. The molecule has 0 aliphatic heterocycles. The van der Waals surface area contributed by atoms with Crippen molar-refractivity contribution < 1.29 is 29.0 Å². The number of anilines is 1. The Morgan fingerprint density at radius 2 is 1.69 bits per heavy atom. The van der Waals surface area contributed by atoms with Crippen LogP contribution in [0, 0.1) is 0 Å². The van der Waals surface area contributed by atoms with Gasteiger partial charge in [-0.1, -0.05) is 42.5 Å². The van der Waals surface area contributed by atoms with Gasteiger partial charge in [-0.15, -0.1) is 11.3 Å². The first-order chi connectivity index (χ1) is 17.3. The number of nitrogens with zero attached hydrogens (tertiary/aromatic N) is 1. The van der Waals surface area contributed by atoms with E-state index in [2.05, 4.69) is 20.0 Å². The number of benzene rings is 2. The number of thiophene rings is 1. The summed E-state index contributed by atoms with van der Waals surface area (Å²) in [5, 5.41) is 14.7. The van der Waals surface area contributed by atoms with Crippen molar-refractivity contribution in [2.45, 2.75) is 6.92 Å². The van der Waals surface area contributed by atoms with Crippen molar-refractivity contribution in [2.75, 3.05) is 12.1 Å². The first-order valence-corrected chi connectivity index (χ1v) is 11.4. The van der Waals surface area contributed by atoms with Crippen LogP contribution in [-0.2, 0) is 14.3 Å². The molecule has 11 heteroatoms. The van der Waals surface area contributed by atoms with Crippen LogP contribution in [0.1, 0.15) is 27.8 Å². The Balaban J connectivity index is 1.56. The Morgan fingerprint density at radius 3 is 2.39 bits per heavy atom. The summed E-state index contributed by atoms with van der Waals surface area (Å²) < 4.78 is 9.24. The Kier molecular flexibility index (Phi) is 7.21. The lowest BCUT2D eigenvalue weighted by Crippen LogP contribution is -2.18. The van der Waals surface area contributed by atoms with E-state index in [1.54, 1.807) is 48.5 Å². The number of carbonyl (C=O) groups is 3. The van der Waals surface area contributed by atoms with Crippen LogP contribution in [-0.4, -0.2) is 39.7 Å². The van der Waals surface area contributed by atoms with Crippen molar-refractivity contribution in [3.8, 4) is 27.6 Å². The van der Waals surface area contributed by atoms with Gasteiger partial charge in [0.2, 0.25) is 12.5 Å². The van der Waals surface area contributed by atoms with E-state index in [9.17, 15) is 24.3 Å². The van der Waals surface area contributed by atoms with Gasteiger partial charge in [-0.3, -0.25) is 14.4 Å². The number of hydrogen-bond acceptors (Lipinski definition) is 9. The van der Waals surface area contributed by atoms with Crippen molar-refractivity contribution in [3.05, 3.63) is 87.7 Å². The van der Waals surface area contributed by atoms with Crippen LogP contribution in [0.4, 0.5) is 5.69 Å². The average Bonchev–Trinajstić information content (AvgIpc) is 3.34. The second-order valence-corrected chi connectivity index (χ2v) is 8.27. The van der Waals surface area contributed by atoms with Gasteiger partial charge < -0.3 is 24.9 Å². The monoisotopic (exact) mass is 505 g/mol. The normalized spacial score (nSPS) is 10.5. The molecule has 0 bridgehead atoms. The van der Waals surface area contributed by atoms with E-state index in [4.69, 9.17) is 4.74 Å². The van der Waals surface area contributed by atoms with Crippen molar-refractivity contribution in [3.63, 3.8) is 0 Å². The SMILES string of the molecule is CC(=O)OCOC(=O)c1nc(-c2ccc(-c3sccc3NC(=O)c3ccccc3)cc2)[nH]c(=O)c1O. The average molecular weight is 506 g/mol. The maximum Gasteiger partial charge on any atom is 0.364 e. The third-order valence-electron chi connectivity index (χ3n) is 4.91. The third kappa shape index (κ3) is 5.47. The lowest BCUT2D eigenvalue weighted by molar-refractivity contribution is -0.149. The Hall–Kier alpha value is -4.77. The van der Waals surface area contributed by atoms with Crippen molar-refractivity contribution >= 4 is 34.9 Å². The highest BCUT2D eigenvalue weighted by molar-refractivity contribution is 7.14. The van der Waals surface area contributed by atoms with Gasteiger partial charge >= 0.3 is 11.9 Å². The van der Waals surface area contributed by atoms with Crippen LogP contribution in [0.3, 0.4) is 0 Å². The minimum atomic E-state index is -1.13. The zero-order valence-electron chi connectivity index (χ0n) is 18.8. The highest BCUT2D eigenvalue weighted by atomic mass is 32.1. The molecule has 2 aromatic carbocycles. The topological polar surface area (TPSA) is 148 Å². The Morgan fingerprint density at radius 1 is 1.00 bits per heavy atom. The Bertz CT molecular complexity index is 1480. The van der Waals surface area contributed by atoms with Crippen LogP contribution in [0.2, 0.25) is 0 Å². The number of esters is 2. The van der Waals surface area contributed by atoms with Crippen LogP contribution in [0.15, 0.2) is 70.8 Å². The summed E-state index contributed by atoms with van der Waals surface area (Å²) in [6.45, 7) is 0.449. The summed E-state index contributed by atoms with van der Waals surface area (Å²) in [4.78, 5) is 55.0. The first-order valence-electron chi connectivity index (χ1n) is 10.5. The number of carbonyl (C=O) groups excluding carboxylic acids is 3. The summed E-state index contributed by atoms with van der Waals surface area (Å²) in [6, 6.07) is 17.5. The minimum Gasteiger partial charge on any atom is -0.501 e. The number of hydrogen-bond donors (Lipinski definition) is 3. The number of aromatic amines is 1. The quantitative estimate of drug-likeness (QED) is 0.254. The number of rotatable bonds is 7. The van der Waals surface area contributed by atoms with Gasteiger partial charge in [-0.05, 0) is 29.1 Å². The van der Waals surface area contributed by atoms with E-state index in [1.807, 2.05) is 17.5 Å². The van der Waals surface area contributed by atoms with E-state index in [0.717, 1.165) is 17.4 Å². The summed E-state index contributed by atoms with van der Waals surface area (Å²) in [5.41, 5.74) is 0.891. The molecule has 0 saturated heterocycles. The largest absolute Gasteiger partial charge is 0.501 e. The van der Waals surface area contributed by atoms with Crippen LogP contribution < -0.4 is 10.9 Å². The highest BCUT2D eigenvalue weighted by Gasteiger charge is 2.20. The molecule has 36 heavy (non-hydrogen) atoms. The number of amides is 1. The van der Waals surface area contributed by atoms with Gasteiger partial charge in [0.05, 0.1) is 10.6 Å². The lowest BCUT2D eigenvalue weighted by atomic mass is 10.1. The van der Waals surface area contributed by atoms with Crippen LogP contribution in [0.5, 0.6) is 5.75 Å². The number of nitrogens with one attached hydrogen (secondary N) is 2. The second kappa shape index (κ2) is 10.7. The van der Waals surface area contributed by atoms with Crippen molar-refractivity contribution in [2.24, 2.45) is 0 Å². The van der Waals surface area contributed by atoms with Gasteiger partial charge in [0.1, 0.15) is 5.82 Å². The van der Waals surface area contributed by atoms with Gasteiger partial charge in [0.25, 0.3) is 11.5 Å². The molecule has 3 N–H and O–H groups in total. The lowest BCUT2D eigenvalue weighted by Gasteiger charge is -2.09. The molecule has 4 aromatic rings. The molecule has 0 spiro atoms. The molecular weight excluding hydrogens is 486 g/mol. The molecule has 0 aliphatic rings. The van der Waals surface area contributed by atoms with Crippen LogP contribution in [0.25, 0.3) is 21.8 Å². The molecule has 2 heterocycles. The molecule has 10 nitrogen and oxygen atoms in total. The number of aromatic hydroxyl groups is 1. The number of H-pyrrole nitrogens is 1. The molecule has 1 amide bonds. The standard InChI is InChI=1S/C25H19N3O7S/c1-14(29)34-13-35-25(33)19-20(30)24(32)28-22(27-19)16-9-7-15(8-10-16)21-18(11-12-36-21)26-23(31)17-5-3-2-4-6-17/h2-12,30H,13H2,1H3,(H,26,31)(H,27,28,32). The van der Waals surface area contributed by atoms with Crippen LogP contribution >= 0.6 is 11.3 Å². The van der Waals surface area contributed by atoms with E-state index < -0.39 is 35.7 Å². The van der Waals surface area contributed by atoms with Gasteiger partial charge in [0.15, 0.2) is 5.69 Å². The van der Waals surface area contributed by atoms with Gasteiger partial charge in [-0.25, -0.2) is 9.78 Å². The first kappa shape index (κ1) is 24.4. The maximum atomic E-state index is 12.5. The predicted molar refractivity (Wildman–Crippen MR) is 132 cm³/mol. The third-order valence-corrected chi connectivity index (χ3v) is 5.87. The molecule has 0 fully saturated rings. The van der Waals surface area contributed by atoms with Crippen molar-refractivity contribution in [1.82, 2.24) is 9.97 Å². The zero-order chi connectivity index (χ0) is 25.7. The molecular formula is C25H19N3O7S. The summed E-state index contributed by atoms with van der Waals surface area (Å²) in [6.07, 6.45) is 0. The van der Waals surface area contributed by atoms with E-state index in [0.29, 0.717) is 16.8 Å². The fourth-order valence-corrected chi connectivity index (χ4v) is 4.03. The molecule has 4 rings (SSSR count). The fraction of sp³-hybridized carbons (Fsp3) is 0.0800. The summed E-state index contributed by atoms with van der Waals surface area (Å²) >= 11 is 1.44. The second-order valence-electron chi connectivity index (χ2n) is 7.36. The Labute approximate surface area is 208 Å².